The van der Waals surface area contributed by atoms with Gasteiger partial charge in [0.05, 0.1) is 31.4 Å². The standard InChI is InChI=1S/C14H22N2O3/c1-10(2)12(9-17)16-14(18)7-8-19-13-6-4-3-5-11(13)15/h3-6,10,12,17H,7-9,15H2,1-2H3,(H,16,18)/t12-/m1/s1. The quantitative estimate of drug-likeness (QED) is 0.647. The highest BCUT2D eigenvalue weighted by atomic mass is 16.5. The Balaban J connectivity index is 2.33. The number of benzene rings is 1. The first-order valence-corrected chi connectivity index (χ1v) is 6.42. The molecule has 5 nitrogen and oxygen atoms in total. The Hall–Kier alpha value is -1.75. The van der Waals surface area contributed by atoms with Crippen molar-refractivity contribution in [1.82, 2.24) is 5.32 Å². The molecule has 1 aromatic rings. The minimum atomic E-state index is -0.214. The molecule has 0 unspecified atom stereocenters. The van der Waals surface area contributed by atoms with Gasteiger partial charge in [0.2, 0.25) is 5.91 Å². The van der Waals surface area contributed by atoms with Crippen molar-refractivity contribution in [1.29, 1.82) is 0 Å². The molecule has 0 saturated carbocycles. The number of rotatable bonds is 7. The van der Waals surface area contributed by atoms with Crippen LogP contribution in [0.3, 0.4) is 0 Å². The molecule has 0 aromatic heterocycles. The highest BCUT2D eigenvalue weighted by Crippen LogP contribution is 2.19. The molecule has 0 bridgehead atoms. The van der Waals surface area contributed by atoms with Crippen molar-refractivity contribution in [3.8, 4) is 5.75 Å². The number of nitrogen functional groups attached to an aromatic ring is 1. The van der Waals surface area contributed by atoms with Crippen molar-refractivity contribution in [2.75, 3.05) is 18.9 Å². The van der Waals surface area contributed by atoms with Gasteiger partial charge in [-0.15, -0.1) is 0 Å². The van der Waals surface area contributed by atoms with Crippen LogP contribution >= 0.6 is 0 Å². The van der Waals surface area contributed by atoms with Gasteiger partial charge >= 0.3 is 0 Å². The Morgan fingerprint density at radius 1 is 1.42 bits per heavy atom. The Labute approximate surface area is 113 Å². The van der Waals surface area contributed by atoms with E-state index in [1.165, 1.54) is 0 Å². The summed E-state index contributed by atoms with van der Waals surface area (Å²) in [6.07, 6.45) is 0.234. The van der Waals surface area contributed by atoms with Gasteiger partial charge in [0.25, 0.3) is 0 Å². The highest BCUT2D eigenvalue weighted by molar-refractivity contribution is 5.76. The number of para-hydroxylation sites is 2. The maximum Gasteiger partial charge on any atom is 0.223 e. The molecule has 1 rings (SSSR count). The van der Waals surface area contributed by atoms with E-state index in [4.69, 9.17) is 15.6 Å². The number of hydrogen-bond donors (Lipinski definition) is 3. The van der Waals surface area contributed by atoms with Crippen LogP contribution < -0.4 is 15.8 Å². The SMILES string of the molecule is CC(C)[C@@H](CO)NC(=O)CCOc1ccccc1N. The van der Waals surface area contributed by atoms with E-state index in [0.29, 0.717) is 11.4 Å². The molecule has 106 valence electrons. The second-order valence-electron chi connectivity index (χ2n) is 4.74. The van der Waals surface area contributed by atoms with Gasteiger partial charge in [-0.05, 0) is 18.1 Å². The summed E-state index contributed by atoms with van der Waals surface area (Å²) in [7, 11) is 0. The lowest BCUT2D eigenvalue weighted by molar-refractivity contribution is -0.122. The lowest BCUT2D eigenvalue weighted by atomic mass is 10.1. The summed E-state index contributed by atoms with van der Waals surface area (Å²) in [4.78, 5) is 11.7. The summed E-state index contributed by atoms with van der Waals surface area (Å²) in [6, 6.07) is 6.94. The van der Waals surface area contributed by atoms with E-state index >= 15 is 0 Å². The number of nitrogens with two attached hydrogens (primary N) is 1. The molecular weight excluding hydrogens is 244 g/mol. The minimum Gasteiger partial charge on any atom is -0.491 e. The summed E-state index contributed by atoms with van der Waals surface area (Å²) in [5.41, 5.74) is 6.27. The van der Waals surface area contributed by atoms with Crippen molar-refractivity contribution < 1.29 is 14.6 Å². The molecule has 0 saturated heterocycles. The molecule has 1 atom stereocenters. The third kappa shape index (κ3) is 5.18. The van der Waals surface area contributed by atoms with Crippen LogP contribution in [0.4, 0.5) is 5.69 Å². The zero-order valence-corrected chi connectivity index (χ0v) is 11.4. The zero-order valence-electron chi connectivity index (χ0n) is 11.4. The molecule has 0 aliphatic rings. The summed E-state index contributed by atoms with van der Waals surface area (Å²) in [5, 5.41) is 11.9. The van der Waals surface area contributed by atoms with Gasteiger partial charge in [-0.3, -0.25) is 4.79 Å². The van der Waals surface area contributed by atoms with E-state index in [0.717, 1.165) is 0 Å². The zero-order chi connectivity index (χ0) is 14.3. The van der Waals surface area contributed by atoms with Gasteiger partial charge in [-0.25, -0.2) is 0 Å². The summed E-state index contributed by atoms with van der Waals surface area (Å²) in [6.45, 7) is 4.09. The molecule has 4 N–H and O–H groups in total. The maximum atomic E-state index is 11.7. The van der Waals surface area contributed by atoms with Gasteiger partial charge in [-0.1, -0.05) is 26.0 Å². The molecule has 1 amide bonds. The van der Waals surface area contributed by atoms with E-state index in [-0.39, 0.29) is 37.5 Å². The van der Waals surface area contributed by atoms with Crippen LogP contribution in [0, 0.1) is 5.92 Å². The predicted octanol–water partition coefficient (Wildman–Crippen LogP) is 1.17. The van der Waals surface area contributed by atoms with E-state index in [1.807, 2.05) is 26.0 Å². The van der Waals surface area contributed by atoms with Crippen LogP contribution in [-0.4, -0.2) is 30.3 Å². The smallest absolute Gasteiger partial charge is 0.223 e. The topological polar surface area (TPSA) is 84.6 Å². The Kier molecular flexibility index (Phi) is 6.15. The number of aliphatic hydroxyl groups excluding tert-OH is 1. The van der Waals surface area contributed by atoms with Crippen molar-refractivity contribution in [3.05, 3.63) is 24.3 Å². The van der Waals surface area contributed by atoms with Gasteiger partial charge in [0.15, 0.2) is 0 Å². The molecule has 1 aromatic carbocycles. The monoisotopic (exact) mass is 266 g/mol. The number of carbonyl (C=O) groups excluding carboxylic acids is 1. The molecule has 0 aliphatic carbocycles. The lowest BCUT2D eigenvalue weighted by Gasteiger charge is -2.19. The van der Waals surface area contributed by atoms with Crippen molar-refractivity contribution in [3.63, 3.8) is 0 Å². The Morgan fingerprint density at radius 3 is 2.68 bits per heavy atom. The average Bonchev–Trinajstić information content (AvgIpc) is 2.38. The van der Waals surface area contributed by atoms with E-state index in [9.17, 15) is 4.79 Å². The second kappa shape index (κ2) is 7.63. The third-order valence-electron chi connectivity index (χ3n) is 2.85. The fourth-order valence-corrected chi connectivity index (χ4v) is 1.57. The van der Waals surface area contributed by atoms with Crippen molar-refractivity contribution in [2.24, 2.45) is 5.92 Å². The van der Waals surface area contributed by atoms with E-state index < -0.39 is 0 Å². The van der Waals surface area contributed by atoms with Crippen LogP contribution in [0.2, 0.25) is 0 Å². The normalized spacial score (nSPS) is 12.2. The highest BCUT2D eigenvalue weighted by Gasteiger charge is 2.14. The summed E-state index contributed by atoms with van der Waals surface area (Å²) in [5.74, 6) is 0.639. The number of anilines is 1. The number of ether oxygens (including phenoxy) is 1. The van der Waals surface area contributed by atoms with Crippen LogP contribution in [0.5, 0.6) is 5.75 Å². The second-order valence-corrected chi connectivity index (χ2v) is 4.74. The molecule has 0 fully saturated rings. The van der Waals surface area contributed by atoms with Crippen LogP contribution in [0.1, 0.15) is 20.3 Å². The first-order chi connectivity index (χ1) is 9.04. The molecule has 19 heavy (non-hydrogen) atoms. The van der Waals surface area contributed by atoms with E-state index in [2.05, 4.69) is 5.32 Å². The van der Waals surface area contributed by atoms with Gasteiger partial charge < -0.3 is 20.9 Å². The molecule has 0 radical (unpaired) electrons. The average molecular weight is 266 g/mol. The van der Waals surface area contributed by atoms with Crippen LogP contribution in [-0.2, 0) is 4.79 Å². The number of aliphatic hydroxyl groups is 1. The largest absolute Gasteiger partial charge is 0.491 e. The minimum absolute atomic E-state index is 0.0596. The fourth-order valence-electron chi connectivity index (χ4n) is 1.57. The molecule has 0 aliphatic heterocycles. The van der Waals surface area contributed by atoms with Gasteiger partial charge in [0, 0.05) is 0 Å². The van der Waals surface area contributed by atoms with Crippen LogP contribution in [0.25, 0.3) is 0 Å². The Morgan fingerprint density at radius 2 is 2.11 bits per heavy atom. The molecule has 5 heteroatoms. The van der Waals surface area contributed by atoms with Gasteiger partial charge in [-0.2, -0.15) is 0 Å². The first-order valence-electron chi connectivity index (χ1n) is 6.42. The maximum absolute atomic E-state index is 11.7. The number of nitrogens with one attached hydrogen (secondary N) is 1. The number of carbonyl (C=O) groups is 1. The molecule has 0 spiro atoms. The summed E-state index contributed by atoms with van der Waals surface area (Å²) >= 11 is 0. The molecule has 0 heterocycles. The van der Waals surface area contributed by atoms with Crippen molar-refractivity contribution >= 4 is 11.6 Å². The third-order valence-corrected chi connectivity index (χ3v) is 2.85. The first kappa shape index (κ1) is 15.3. The predicted molar refractivity (Wildman–Crippen MR) is 74.8 cm³/mol. The Bertz CT molecular complexity index is 407. The number of hydrogen-bond acceptors (Lipinski definition) is 4. The lowest BCUT2D eigenvalue weighted by Crippen LogP contribution is -2.41. The fraction of sp³-hybridized carbons (Fsp3) is 0.500. The summed E-state index contributed by atoms with van der Waals surface area (Å²) < 4.78 is 5.43. The molecular formula is C14H22N2O3. The van der Waals surface area contributed by atoms with E-state index in [1.54, 1.807) is 12.1 Å². The van der Waals surface area contributed by atoms with Gasteiger partial charge in [0.1, 0.15) is 5.75 Å². The van der Waals surface area contributed by atoms with Crippen molar-refractivity contribution in [2.45, 2.75) is 26.3 Å². The number of amides is 1. The van der Waals surface area contributed by atoms with Crippen LogP contribution in [0.15, 0.2) is 24.3 Å².